The number of ether oxygens (including phenoxy) is 1. The van der Waals surface area contributed by atoms with Crippen molar-refractivity contribution in [2.45, 2.75) is 39.7 Å². The molecule has 0 aromatic carbocycles. The maximum Gasteiger partial charge on any atom is 0.130 e. The highest BCUT2D eigenvalue weighted by molar-refractivity contribution is 6.04. The second-order valence-corrected chi connectivity index (χ2v) is 8.43. The largest absolute Gasteiger partial charge is 0.377 e. The normalized spacial score (nSPS) is 19.8. The smallest absolute Gasteiger partial charge is 0.130 e. The van der Waals surface area contributed by atoms with Gasteiger partial charge >= 0.3 is 0 Å². The van der Waals surface area contributed by atoms with Crippen molar-refractivity contribution in [1.29, 1.82) is 0 Å². The van der Waals surface area contributed by atoms with Crippen molar-refractivity contribution >= 4 is 28.1 Å². The molecule has 0 spiro atoms. The lowest BCUT2D eigenvalue weighted by Gasteiger charge is -2.34. The number of hydrogen-bond acceptors (Lipinski definition) is 6. The van der Waals surface area contributed by atoms with Crippen LogP contribution in [0.4, 0.5) is 5.82 Å². The minimum absolute atomic E-state index is 0.268. The van der Waals surface area contributed by atoms with Gasteiger partial charge in [-0.25, -0.2) is 4.98 Å². The predicted octanol–water partition coefficient (Wildman–Crippen LogP) is 4.19. The van der Waals surface area contributed by atoms with Crippen LogP contribution in [0, 0.1) is 6.92 Å². The predicted molar refractivity (Wildman–Crippen MR) is 125 cm³/mol. The molecule has 0 aliphatic carbocycles. The summed E-state index contributed by atoms with van der Waals surface area (Å²) in [5.41, 5.74) is 8.16. The van der Waals surface area contributed by atoms with E-state index in [1.54, 1.807) is 0 Å². The van der Waals surface area contributed by atoms with Gasteiger partial charge in [0.25, 0.3) is 0 Å². The molecule has 7 heteroatoms. The van der Waals surface area contributed by atoms with Crippen LogP contribution in [0.3, 0.4) is 0 Å². The Bertz CT molecular complexity index is 1160. The molecule has 5 heterocycles. The zero-order chi connectivity index (χ0) is 21.4. The van der Waals surface area contributed by atoms with Crippen molar-refractivity contribution in [3.8, 4) is 11.1 Å². The minimum Gasteiger partial charge on any atom is -0.377 e. The van der Waals surface area contributed by atoms with Gasteiger partial charge in [0, 0.05) is 41.8 Å². The summed E-state index contributed by atoms with van der Waals surface area (Å²) in [6, 6.07) is 6.59. The Labute approximate surface area is 182 Å². The average Bonchev–Trinajstić information content (AvgIpc) is 3.08. The van der Waals surface area contributed by atoms with Crippen LogP contribution in [0.2, 0.25) is 0 Å². The Morgan fingerprint density at radius 2 is 2.13 bits per heavy atom. The highest BCUT2D eigenvalue weighted by atomic mass is 16.5. The number of aromatic nitrogens is 4. The van der Waals surface area contributed by atoms with Crippen LogP contribution >= 0.6 is 0 Å². The van der Waals surface area contributed by atoms with Crippen LogP contribution in [0.5, 0.6) is 0 Å². The number of nitrogens with zero attached hydrogens (tertiary/aromatic N) is 5. The lowest BCUT2D eigenvalue weighted by Crippen LogP contribution is -2.44. The Kier molecular flexibility index (Phi) is 5.28. The lowest BCUT2D eigenvalue weighted by molar-refractivity contribution is 0.0986. The van der Waals surface area contributed by atoms with E-state index in [4.69, 9.17) is 14.8 Å². The molecule has 1 atom stereocenters. The van der Waals surface area contributed by atoms with Gasteiger partial charge < -0.3 is 9.64 Å². The van der Waals surface area contributed by atoms with E-state index in [-0.39, 0.29) is 6.04 Å². The molecular formula is C24H28N6O. The molecule has 3 aromatic heterocycles. The highest BCUT2D eigenvalue weighted by Crippen LogP contribution is 2.35. The van der Waals surface area contributed by atoms with Crippen LogP contribution in [0.15, 0.2) is 35.5 Å². The molecule has 0 radical (unpaired) electrons. The molecule has 1 saturated heterocycles. The van der Waals surface area contributed by atoms with E-state index in [1.807, 2.05) is 19.2 Å². The Balaban J connectivity index is 1.70. The second-order valence-electron chi connectivity index (χ2n) is 8.43. The van der Waals surface area contributed by atoms with Gasteiger partial charge in [-0.1, -0.05) is 6.07 Å². The Morgan fingerprint density at radius 1 is 1.23 bits per heavy atom. The molecule has 5 rings (SSSR count). The van der Waals surface area contributed by atoms with Crippen LogP contribution in [-0.4, -0.2) is 58.2 Å². The number of allylic oxidation sites excluding steroid dienone is 2. The Hall–Kier alpha value is -3.06. The Morgan fingerprint density at radius 3 is 2.94 bits per heavy atom. The van der Waals surface area contributed by atoms with Gasteiger partial charge in [-0.2, -0.15) is 5.10 Å². The van der Waals surface area contributed by atoms with Gasteiger partial charge in [0.2, 0.25) is 0 Å². The van der Waals surface area contributed by atoms with Crippen molar-refractivity contribution < 1.29 is 4.74 Å². The third-order valence-corrected chi connectivity index (χ3v) is 6.05. The summed E-state index contributed by atoms with van der Waals surface area (Å²) in [6.07, 6.45) is 6.05. The van der Waals surface area contributed by atoms with E-state index in [2.05, 4.69) is 52.0 Å². The minimum atomic E-state index is 0.268. The van der Waals surface area contributed by atoms with Crippen LogP contribution in [0.25, 0.3) is 27.7 Å². The van der Waals surface area contributed by atoms with Gasteiger partial charge in [-0.3, -0.25) is 15.1 Å². The monoisotopic (exact) mass is 416 g/mol. The highest BCUT2D eigenvalue weighted by Gasteiger charge is 2.24. The van der Waals surface area contributed by atoms with Crippen molar-refractivity contribution in [2.24, 2.45) is 4.99 Å². The van der Waals surface area contributed by atoms with Crippen molar-refractivity contribution in [1.82, 2.24) is 20.2 Å². The number of hydrogen-bond donors (Lipinski definition) is 1. The van der Waals surface area contributed by atoms with Crippen molar-refractivity contribution in [2.75, 3.05) is 31.2 Å². The maximum atomic E-state index is 5.66. The van der Waals surface area contributed by atoms with E-state index < -0.39 is 0 Å². The molecule has 0 unspecified atom stereocenters. The lowest BCUT2D eigenvalue weighted by atomic mass is 10.0. The van der Waals surface area contributed by atoms with Gasteiger partial charge in [0.15, 0.2) is 0 Å². The molecule has 0 amide bonds. The fraction of sp³-hybridized carbons (Fsp3) is 0.417. The van der Waals surface area contributed by atoms with E-state index in [0.29, 0.717) is 13.2 Å². The summed E-state index contributed by atoms with van der Waals surface area (Å²) in [5.74, 6) is 0.959. The standard InChI is InChI=1S/C24H28N6O/c1-15-6-7-19(13-26-15)20-12-21(30-9-10-31-14-17(30)3)27-24-22(28-29-23(20)24)18-5-4-8-25-16(2)11-18/h6-7,11-13,17H,4-5,8-10,14H2,1-3H3,(H,28,29)/t17-/m1/s1. The third-order valence-electron chi connectivity index (χ3n) is 6.05. The average molecular weight is 417 g/mol. The van der Waals surface area contributed by atoms with Crippen LogP contribution < -0.4 is 4.90 Å². The quantitative estimate of drug-likeness (QED) is 0.692. The first kappa shape index (κ1) is 19.9. The molecule has 2 aliphatic heterocycles. The van der Waals surface area contributed by atoms with Gasteiger partial charge in [0.1, 0.15) is 17.0 Å². The fourth-order valence-corrected chi connectivity index (χ4v) is 4.36. The molecule has 1 N–H and O–H groups in total. The SMILES string of the molecule is CC1=NCCCC(c2n[nH]c3c(-c4ccc(C)nc4)cc(N4CCOC[C@H]4C)nc23)=C1. The zero-order valence-electron chi connectivity index (χ0n) is 18.4. The summed E-state index contributed by atoms with van der Waals surface area (Å²) in [6.45, 7) is 9.35. The summed E-state index contributed by atoms with van der Waals surface area (Å²) in [7, 11) is 0. The second kappa shape index (κ2) is 8.23. The van der Waals surface area contributed by atoms with E-state index in [0.717, 1.165) is 71.0 Å². The number of nitrogens with one attached hydrogen (secondary N) is 1. The van der Waals surface area contributed by atoms with Gasteiger partial charge in [-0.15, -0.1) is 0 Å². The summed E-state index contributed by atoms with van der Waals surface area (Å²) >= 11 is 0. The van der Waals surface area contributed by atoms with Crippen LogP contribution in [-0.2, 0) is 4.74 Å². The summed E-state index contributed by atoms with van der Waals surface area (Å²) in [5, 5.41) is 8.01. The fourth-order valence-electron chi connectivity index (χ4n) is 4.36. The number of morpholine rings is 1. The van der Waals surface area contributed by atoms with E-state index >= 15 is 0 Å². The molecule has 31 heavy (non-hydrogen) atoms. The molecule has 0 bridgehead atoms. The molecule has 3 aromatic rings. The molecule has 7 nitrogen and oxygen atoms in total. The molecule has 160 valence electrons. The number of anilines is 1. The summed E-state index contributed by atoms with van der Waals surface area (Å²) in [4.78, 5) is 16.6. The van der Waals surface area contributed by atoms with Crippen molar-refractivity contribution in [3.63, 3.8) is 0 Å². The van der Waals surface area contributed by atoms with E-state index in [9.17, 15) is 0 Å². The van der Waals surface area contributed by atoms with Gasteiger partial charge in [-0.05, 0) is 57.4 Å². The molecule has 1 fully saturated rings. The molecular weight excluding hydrogens is 388 g/mol. The number of H-pyrrole nitrogens is 1. The van der Waals surface area contributed by atoms with Crippen molar-refractivity contribution in [3.05, 3.63) is 41.9 Å². The summed E-state index contributed by atoms with van der Waals surface area (Å²) < 4.78 is 5.66. The molecule has 0 saturated carbocycles. The number of aryl methyl sites for hydroxylation is 1. The topological polar surface area (TPSA) is 79.3 Å². The number of pyridine rings is 2. The maximum absolute atomic E-state index is 5.66. The number of fused-ring (bicyclic) bond motifs is 1. The first-order valence-electron chi connectivity index (χ1n) is 11.0. The third kappa shape index (κ3) is 3.85. The van der Waals surface area contributed by atoms with E-state index in [1.165, 1.54) is 5.57 Å². The number of aliphatic imine (C=N–C) groups is 1. The van der Waals surface area contributed by atoms with Gasteiger partial charge in [0.05, 0.1) is 24.8 Å². The first-order chi connectivity index (χ1) is 15.1. The number of rotatable bonds is 3. The zero-order valence-corrected chi connectivity index (χ0v) is 18.4. The first-order valence-corrected chi connectivity index (χ1v) is 11.0. The number of aromatic amines is 1. The van der Waals surface area contributed by atoms with Crippen LogP contribution in [0.1, 0.15) is 38.1 Å². The molecule has 2 aliphatic rings.